The number of carbonyl (C=O) groups is 2. The van der Waals surface area contributed by atoms with E-state index >= 15 is 0 Å². The van der Waals surface area contributed by atoms with Gasteiger partial charge in [-0.15, -0.1) is 0 Å². The Morgan fingerprint density at radius 2 is 1.74 bits per heavy atom. The molecular formula is C36H51N3O10S. The molecule has 3 aliphatic rings. The summed E-state index contributed by atoms with van der Waals surface area (Å²) in [5, 5.41) is 25.7. The summed E-state index contributed by atoms with van der Waals surface area (Å²) in [6, 6.07) is 12.0. The minimum atomic E-state index is -4.24. The molecule has 0 unspecified atom stereocenters. The molecular weight excluding hydrogens is 666 g/mol. The fraction of sp³-hybridized carbons (Fsp3) is 0.611. The maximum absolute atomic E-state index is 14.5. The van der Waals surface area contributed by atoms with Crippen LogP contribution in [0, 0.1) is 16.7 Å². The molecule has 0 saturated carbocycles. The Balaban J connectivity index is 1.44. The Bertz CT molecular complexity index is 1600. The second-order valence-electron chi connectivity index (χ2n) is 15.2. The lowest BCUT2D eigenvalue weighted by Gasteiger charge is -2.40. The maximum atomic E-state index is 14.5. The van der Waals surface area contributed by atoms with E-state index in [1.54, 1.807) is 0 Å². The van der Waals surface area contributed by atoms with Gasteiger partial charge in [-0.25, -0.2) is 13.2 Å². The number of carbonyl (C=O) groups excluding carboxylic acids is 1. The lowest BCUT2D eigenvalue weighted by atomic mass is 9.87. The summed E-state index contributed by atoms with van der Waals surface area (Å²) in [7, 11) is -4.24. The minimum Gasteiger partial charge on any atom is -0.465 e. The van der Waals surface area contributed by atoms with Crippen molar-refractivity contribution in [3.63, 3.8) is 0 Å². The van der Waals surface area contributed by atoms with Gasteiger partial charge < -0.3 is 34.5 Å². The van der Waals surface area contributed by atoms with Gasteiger partial charge in [0.25, 0.3) is 0 Å². The largest absolute Gasteiger partial charge is 0.465 e. The molecule has 3 heterocycles. The van der Waals surface area contributed by atoms with Crippen LogP contribution in [0.2, 0.25) is 0 Å². The van der Waals surface area contributed by atoms with Gasteiger partial charge in [0, 0.05) is 37.0 Å². The van der Waals surface area contributed by atoms with Gasteiger partial charge in [0.1, 0.15) is 0 Å². The van der Waals surface area contributed by atoms with Gasteiger partial charge in [0.2, 0.25) is 22.7 Å². The predicted octanol–water partition coefficient (Wildman–Crippen LogP) is 4.09. The van der Waals surface area contributed by atoms with Crippen LogP contribution < -0.4 is 14.8 Å². The number of aliphatic hydroxyl groups is 1. The Kier molecular flexibility index (Phi) is 11.7. The van der Waals surface area contributed by atoms with Gasteiger partial charge in [-0.05, 0) is 48.8 Å². The Morgan fingerprint density at radius 3 is 2.44 bits per heavy atom. The van der Waals surface area contributed by atoms with Crippen molar-refractivity contribution >= 4 is 22.0 Å². The molecule has 2 aromatic rings. The SMILES string of the molecule is CC(C)(CCCNC(=O)C(C)(C)C)CN(C[C@@H](O)[C@H](Cc1ccccc1)N(C(=O)O)[C@H]1CO[C@H]2OCC[C@H]21)S(=O)(=O)c1ccc2c(c1)OCO2. The molecule has 50 heavy (non-hydrogen) atoms. The fourth-order valence-electron chi connectivity index (χ4n) is 6.89. The first-order valence-corrected chi connectivity index (χ1v) is 18.7. The van der Waals surface area contributed by atoms with Gasteiger partial charge in [0.05, 0.1) is 36.3 Å². The molecule has 5 rings (SSSR count). The summed E-state index contributed by atoms with van der Waals surface area (Å²) in [5.74, 6) is 0.457. The molecule has 2 fully saturated rings. The number of sulfonamides is 1. The fourth-order valence-corrected chi connectivity index (χ4v) is 8.55. The lowest BCUT2D eigenvalue weighted by Crippen LogP contribution is -2.58. The van der Waals surface area contributed by atoms with Crippen molar-refractivity contribution in [3.8, 4) is 11.5 Å². The number of amides is 2. The van der Waals surface area contributed by atoms with Crippen LogP contribution in [0.25, 0.3) is 0 Å². The molecule has 2 aromatic carbocycles. The number of benzene rings is 2. The Hall–Kier alpha value is -3.43. The molecule has 3 aliphatic heterocycles. The highest BCUT2D eigenvalue weighted by Gasteiger charge is 2.49. The first kappa shape index (κ1) is 37.8. The highest BCUT2D eigenvalue weighted by molar-refractivity contribution is 7.89. The Morgan fingerprint density at radius 1 is 1.02 bits per heavy atom. The smallest absolute Gasteiger partial charge is 0.407 e. The van der Waals surface area contributed by atoms with E-state index < -0.39 is 51.4 Å². The first-order chi connectivity index (χ1) is 23.6. The molecule has 0 spiro atoms. The van der Waals surface area contributed by atoms with Crippen molar-refractivity contribution < 1.29 is 47.2 Å². The zero-order valence-corrected chi connectivity index (χ0v) is 30.4. The summed E-state index contributed by atoms with van der Waals surface area (Å²) >= 11 is 0. The van der Waals surface area contributed by atoms with E-state index in [2.05, 4.69) is 5.32 Å². The summed E-state index contributed by atoms with van der Waals surface area (Å²) in [6.07, 6.45) is -1.23. The van der Waals surface area contributed by atoms with Crippen LogP contribution in [0.1, 0.15) is 59.4 Å². The molecule has 5 atom stereocenters. The van der Waals surface area contributed by atoms with Crippen molar-refractivity contribution in [2.24, 2.45) is 16.7 Å². The number of hydrogen-bond donors (Lipinski definition) is 3. The maximum Gasteiger partial charge on any atom is 0.407 e. The van der Waals surface area contributed by atoms with Crippen LogP contribution in [0.4, 0.5) is 4.79 Å². The zero-order chi connectivity index (χ0) is 36.3. The van der Waals surface area contributed by atoms with E-state index in [1.165, 1.54) is 27.4 Å². The van der Waals surface area contributed by atoms with Crippen LogP contribution in [-0.2, 0) is 30.7 Å². The number of nitrogens with one attached hydrogen (secondary N) is 1. The van der Waals surface area contributed by atoms with Crippen LogP contribution >= 0.6 is 0 Å². The standard InChI is InChI=1S/C36H51N3O10S/c1-35(2,3)33(41)37-16-9-15-36(4,5)22-38(50(44,45)25-12-13-30-31(19-25)49-23-48-30)20-29(40)27(18-24-10-7-6-8-11-24)39(34(42)43)28-21-47-32-26(28)14-17-46-32/h6-8,10-13,19,26-29,32,40H,9,14-18,20-23H2,1-5H3,(H,37,41)(H,42,43)/t26-,27-,28-,29+,32+/m0/s1. The van der Waals surface area contributed by atoms with Gasteiger partial charge in [0.15, 0.2) is 17.8 Å². The number of aliphatic hydroxyl groups excluding tert-OH is 1. The Labute approximate surface area is 294 Å². The quantitative estimate of drug-likeness (QED) is 0.229. The van der Waals surface area contributed by atoms with Crippen molar-refractivity contribution in [1.82, 2.24) is 14.5 Å². The molecule has 14 heteroatoms. The zero-order valence-electron chi connectivity index (χ0n) is 29.5. The molecule has 2 amide bonds. The molecule has 0 aromatic heterocycles. The number of carboxylic acid groups (broad SMARTS) is 1. The molecule has 3 N–H and O–H groups in total. The summed E-state index contributed by atoms with van der Waals surface area (Å²) in [5.41, 5.74) is -0.328. The summed E-state index contributed by atoms with van der Waals surface area (Å²) < 4.78 is 52.5. The van der Waals surface area contributed by atoms with Gasteiger partial charge in [-0.2, -0.15) is 4.31 Å². The van der Waals surface area contributed by atoms with E-state index in [4.69, 9.17) is 18.9 Å². The average molecular weight is 718 g/mol. The summed E-state index contributed by atoms with van der Waals surface area (Å²) in [4.78, 5) is 26.7. The van der Waals surface area contributed by atoms with E-state index in [1.807, 2.05) is 65.0 Å². The normalized spacial score (nSPS) is 21.5. The first-order valence-electron chi connectivity index (χ1n) is 17.2. The monoisotopic (exact) mass is 717 g/mol. The van der Waals surface area contributed by atoms with Crippen molar-refractivity contribution in [2.45, 2.75) is 89.7 Å². The van der Waals surface area contributed by atoms with Crippen LogP contribution in [0.15, 0.2) is 53.4 Å². The highest BCUT2D eigenvalue weighted by atomic mass is 32.2. The van der Waals surface area contributed by atoms with Gasteiger partial charge in [-0.3, -0.25) is 9.69 Å². The van der Waals surface area contributed by atoms with E-state index in [0.29, 0.717) is 43.9 Å². The number of fused-ring (bicyclic) bond motifs is 2. The third kappa shape index (κ3) is 8.89. The van der Waals surface area contributed by atoms with E-state index in [-0.39, 0.29) is 49.6 Å². The van der Waals surface area contributed by atoms with Crippen molar-refractivity contribution in [1.29, 1.82) is 0 Å². The molecule has 2 saturated heterocycles. The van der Waals surface area contributed by atoms with Gasteiger partial charge in [-0.1, -0.05) is 65.0 Å². The van der Waals surface area contributed by atoms with Crippen molar-refractivity contribution in [3.05, 3.63) is 54.1 Å². The topological polar surface area (TPSA) is 164 Å². The van der Waals surface area contributed by atoms with Crippen LogP contribution in [0.3, 0.4) is 0 Å². The molecule has 0 aliphatic carbocycles. The minimum absolute atomic E-state index is 0.0181. The van der Waals surface area contributed by atoms with Crippen LogP contribution in [-0.4, -0.2) is 104 Å². The highest BCUT2D eigenvalue weighted by Crippen LogP contribution is 2.38. The van der Waals surface area contributed by atoms with Crippen LogP contribution in [0.5, 0.6) is 11.5 Å². The third-order valence-electron chi connectivity index (χ3n) is 9.65. The molecule has 0 radical (unpaired) electrons. The third-order valence-corrected chi connectivity index (χ3v) is 11.5. The molecule has 0 bridgehead atoms. The van der Waals surface area contributed by atoms with Crippen molar-refractivity contribution in [2.75, 3.05) is 39.6 Å². The van der Waals surface area contributed by atoms with E-state index in [9.17, 15) is 28.2 Å². The number of ether oxygens (including phenoxy) is 4. The van der Waals surface area contributed by atoms with E-state index in [0.717, 1.165) is 5.56 Å². The number of rotatable bonds is 15. The summed E-state index contributed by atoms with van der Waals surface area (Å²) in [6.45, 7) is 10.0. The predicted molar refractivity (Wildman–Crippen MR) is 184 cm³/mol. The molecule has 276 valence electrons. The average Bonchev–Trinajstić information content (AvgIpc) is 3.80. The number of hydrogen-bond acceptors (Lipinski definition) is 9. The number of nitrogens with zero attached hydrogens (tertiary/aromatic N) is 2. The second kappa shape index (κ2) is 15.4. The second-order valence-corrected chi connectivity index (χ2v) is 17.1. The molecule has 13 nitrogen and oxygen atoms in total. The van der Waals surface area contributed by atoms with Gasteiger partial charge >= 0.3 is 6.09 Å². The lowest BCUT2D eigenvalue weighted by molar-refractivity contribution is -0.128.